The lowest BCUT2D eigenvalue weighted by molar-refractivity contribution is 0.0691. The van der Waals surface area contributed by atoms with Crippen LogP contribution in [0.25, 0.3) is 0 Å². The number of amides is 1. The van der Waals surface area contributed by atoms with E-state index < -0.39 is 17.5 Å². The molecule has 1 aliphatic heterocycles. The zero-order valence-electron chi connectivity index (χ0n) is 10.0. The van der Waals surface area contributed by atoms with Gasteiger partial charge in [0.1, 0.15) is 0 Å². The molecular formula is C13H14BrF2NO. The fourth-order valence-corrected chi connectivity index (χ4v) is 2.52. The highest BCUT2D eigenvalue weighted by atomic mass is 79.9. The molecule has 0 atom stereocenters. The number of hydrogen-bond donors (Lipinski definition) is 0. The number of carbonyl (C=O) groups excluding carboxylic acids is 1. The predicted molar refractivity (Wildman–Crippen MR) is 68.4 cm³/mol. The van der Waals surface area contributed by atoms with Gasteiger partial charge in [-0.1, -0.05) is 22.9 Å². The Morgan fingerprint density at radius 1 is 1.33 bits per heavy atom. The third-order valence-electron chi connectivity index (χ3n) is 3.29. The first-order valence-corrected chi connectivity index (χ1v) is 6.72. The SMILES string of the molecule is CC1CCN(C(=O)c2cc(Br)cc(F)c2F)CC1. The summed E-state index contributed by atoms with van der Waals surface area (Å²) >= 11 is 3.07. The molecule has 0 N–H and O–H groups in total. The maximum atomic E-state index is 13.6. The minimum atomic E-state index is -1.07. The van der Waals surface area contributed by atoms with Gasteiger partial charge in [-0.15, -0.1) is 0 Å². The highest BCUT2D eigenvalue weighted by Gasteiger charge is 2.25. The Morgan fingerprint density at radius 3 is 2.56 bits per heavy atom. The highest BCUT2D eigenvalue weighted by molar-refractivity contribution is 9.10. The van der Waals surface area contributed by atoms with Crippen molar-refractivity contribution >= 4 is 21.8 Å². The maximum Gasteiger partial charge on any atom is 0.256 e. The van der Waals surface area contributed by atoms with Crippen molar-refractivity contribution in [1.82, 2.24) is 4.90 Å². The van der Waals surface area contributed by atoms with Gasteiger partial charge in [0.25, 0.3) is 5.91 Å². The standard InChI is InChI=1S/C13H14BrF2NO/c1-8-2-4-17(5-3-8)13(18)10-6-9(14)7-11(15)12(10)16/h6-8H,2-5H2,1H3. The second-order valence-corrected chi connectivity index (χ2v) is 5.64. The van der Waals surface area contributed by atoms with E-state index in [4.69, 9.17) is 0 Å². The van der Waals surface area contributed by atoms with Gasteiger partial charge in [-0.05, 0) is 30.9 Å². The molecule has 0 spiro atoms. The highest BCUT2D eigenvalue weighted by Crippen LogP contribution is 2.23. The van der Waals surface area contributed by atoms with Gasteiger partial charge in [0.15, 0.2) is 11.6 Å². The summed E-state index contributed by atoms with van der Waals surface area (Å²) in [5.41, 5.74) is -0.198. The summed E-state index contributed by atoms with van der Waals surface area (Å²) < 4.78 is 27.2. The summed E-state index contributed by atoms with van der Waals surface area (Å²) in [5, 5.41) is 0. The largest absolute Gasteiger partial charge is 0.339 e. The van der Waals surface area contributed by atoms with Gasteiger partial charge in [0, 0.05) is 17.6 Å². The number of nitrogens with zero attached hydrogens (tertiary/aromatic N) is 1. The second-order valence-electron chi connectivity index (χ2n) is 4.72. The van der Waals surface area contributed by atoms with Crippen LogP contribution >= 0.6 is 15.9 Å². The van der Waals surface area contributed by atoms with Crippen LogP contribution in [0.15, 0.2) is 16.6 Å². The van der Waals surface area contributed by atoms with Crippen LogP contribution in [0.2, 0.25) is 0 Å². The molecule has 1 saturated heterocycles. The summed E-state index contributed by atoms with van der Waals surface area (Å²) in [5.74, 6) is -1.92. The quantitative estimate of drug-likeness (QED) is 0.725. The summed E-state index contributed by atoms with van der Waals surface area (Å²) in [4.78, 5) is 13.7. The van der Waals surface area contributed by atoms with Crippen molar-refractivity contribution in [3.8, 4) is 0 Å². The Balaban J connectivity index is 2.23. The van der Waals surface area contributed by atoms with Crippen molar-refractivity contribution in [2.24, 2.45) is 5.92 Å². The fourth-order valence-electron chi connectivity index (χ4n) is 2.09. The summed E-state index contributed by atoms with van der Waals surface area (Å²) in [6, 6.07) is 2.35. The van der Waals surface area contributed by atoms with Crippen LogP contribution < -0.4 is 0 Å². The average Bonchev–Trinajstić information content (AvgIpc) is 2.34. The molecule has 0 unspecified atom stereocenters. The molecule has 0 bridgehead atoms. The van der Waals surface area contributed by atoms with Crippen molar-refractivity contribution in [2.45, 2.75) is 19.8 Å². The van der Waals surface area contributed by atoms with Crippen LogP contribution in [0.3, 0.4) is 0 Å². The fraction of sp³-hybridized carbons (Fsp3) is 0.462. The van der Waals surface area contributed by atoms with E-state index in [-0.39, 0.29) is 5.56 Å². The van der Waals surface area contributed by atoms with Crippen LogP contribution in [0, 0.1) is 17.6 Å². The molecule has 1 heterocycles. The van der Waals surface area contributed by atoms with Crippen molar-refractivity contribution in [3.63, 3.8) is 0 Å². The molecule has 1 aliphatic rings. The molecule has 1 amide bonds. The van der Waals surface area contributed by atoms with Crippen LogP contribution in [0.5, 0.6) is 0 Å². The van der Waals surface area contributed by atoms with Gasteiger partial charge in [-0.25, -0.2) is 8.78 Å². The molecular weight excluding hydrogens is 304 g/mol. The average molecular weight is 318 g/mol. The first kappa shape index (κ1) is 13.5. The third kappa shape index (κ3) is 2.71. The molecule has 0 saturated carbocycles. The van der Waals surface area contributed by atoms with E-state index in [0.717, 1.165) is 18.9 Å². The van der Waals surface area contributed by atoms with Gasteiger partial charge in [-0.2, -0.15) is 0 Å². The first-order chi connectivity index (χ1) is 8.49. The van der Waals surface area contributed by atoms with Crippen molar-refractivity contribution in [2.75, 3.05) is 13.1 Å². The van der Waals surface area contributed by atoms with Crippen molar-refractivity contribution in [1.29, 1.82) is 0 Å². The molecule has 1 fully saturated rings. The van der Waals surface area contributed by atoms with E-state index in [2.05, 4.69) is 22.9 Å². The van der Waals surface area contributed by atoms with Crippen molar-refractivity contribution in [3.05, 3.63) is 33.8 Å². The van der Waals surface area contributed by atoms with Gasteiger partial charge in [0.05, 0.1) is 5.56 Å². The van der Waals surface area contributed by atoms with Gasteiger partial charge < -0.3 is 4.90 Å². The Bertz CT molecular complexity index is 470. The number of halogens is 3. The molecule has 1 aromatic carbocycles. The molecule has 18 heavy (non-hydrogen) atoms. The van der Waals surface area contributed by atoms with E-state index in [1.54, 1.807) is 4.90 Å². The number of hydrogen-bond acceptors (Lipinski definition) is 1. The molecule has 1 aromatic rings. The Morgan fingerprint density at radius 2 is 1.94 bits per heavy atom. The number of likely N-dealkylation sites (tertiary alicyclic amines) is 1. The molecule has 2 rings (SSSR count). The van der Waals surface area contributed by atoms with Crippen molar-refractivity contribution < 1.29 is 13.6 Å². The van der Waals surface area contributed by atoms with E-state index in [0.29, 0.717) is 23.5 Å². The zero-order valence-corrected chi connectivity index (χ0v) is 11.6. The maximum absolute atomic E-state index is 13.6. The predicted octanol–water partition coefficient (Wildman–Crippen LogP) is 3.60. The molecule has 5 heteroatoms. The normalized spacial score (nSPS) is 17.0. The minimum absolute atomic E-state index is 0.198. The smallest absolute Gasteiger partial charge is 0.256 e. The lowest BCUT2D eigenvalue weighted by atomic mass is 9.98. The van der Waals surface area contributed by atoms with Gasteiger partial charge in [0.2, 0.25) is 0 Å². The molecule has 0 radical (unpaired) electrons. The topological polar surface area (TPSA) is 20.3 Å². The molecule has 0 aromatic heterocycles. The summed E-state index contributed by atoms with van der Waals surface area (Å²) in [6.07, 6.45) is 1.81. The first-order valence-electron chi connectivity index (χ1n) is 5.93. The second kappa shape index (κ2) is 5.34. The van der Waals surface area contributed by atoms with E-state index in [1.807, 2.05) is 0 Å². The lowest BCUT2D eigenvalue weighted by Gasteiger charge is -2.30. The number of benzene rings is 1. The molecule has 0 aliphatic carbocycles. The number of piperidine rings is 1. The Kier molecular flexibility index (Phi) is 4.00. The Hall–Kier alpha value is -0.970. The minimum Gasteiger partial charge on any atom is -0.339 e. The van der Waals surface area contributed by atoms with Gasteiger partial charge in [-0.3, -0.25) is 4.79 Å². The molecule has 2 nitrogen and oxygen atoms in total. The van der Waals surface area contributed by atoms with E-state index >= 15 is 0 Å². The number of carbonyl (C=O) groups is 1. The monoisotopic (exact) mass is 317 g/mol. The summed E-state index contributed by atoms with van der Waals surface area (Å²) in [7, 11) is 0. The Labute approximate surface area is 113 Å². The molecule has 98 valence electrons. The number of rotatable bonds is 1. The van der Waals surface area contributed by atoms with Crippen LogP contribution in [0.1, 0.15) is 30.1 Å². The van der Waals surface area contributed by atoms with Crippen LogP contribution in [-0.4, -0.2) is 23.9 Å². The van der Waals surface area contributed by atoms with E-state index in [1.165, 1.54) is 6.07 Å². The lowest BCUT2D eigenvalue weighted by Crippen LogP contribution is -2.38. The van der Waals surface area contributed by atoms with Crippen LogP contribution in [0.4, 0.5) is 8.78 Å². The third-order valence-corrected chi connectivity index (χ3v) is 3.75. The van der Waals surface area contributed by atoms with E-state index in [9.17, 15) is 13.6 Å². The van der Waals surface area contributed by atoms with Crippen LogP contribution in [-0.2, 0) is 0 Å². The van der Waals surface area contributed by atoms with Gasteiger partial charge >= 0.3 is 0 Å². The zero-order chi connectivity index (χ0) is 13.3. The summed E-state index contributed by atoms with van der Waals surface area (Å²) in [6.45, 7) is 3.34.